The van der Waals surface area contributed by atoms with Gasteiger partial charge < -0.3 is 5.32 Å². The molecule has 8 heteroatoms. The van der Waals surface area contributed by atoms with E-state index < -0.39 is 10.8 Å². The molecular weight excluding hydrogens is 363 g/mol. The minimum absolute atomic E-state index is 0.130. The Morgan fingerprint density at radius 3 is 2.63 bits per heavy atom. The van der Waals surface area contributed by atoms with Crippen molar-refractivity contribution in [2.45, 2.75) is 0 Å². The predicted molar refractivity (Wildman–Crippen MR) is 75.8 cm³/mol. The Labute approximate surface area is 121 Å². The summed E-state index contributed by atoms with van der Waals surface area (Å²) in [5.41, 5.74) is 0.531. The number of carbonyl (C=O) groups excluding carboxylic acids is 1. The van der Waals surface area contributed by atoms with Crippen LogP contribution in [-0.2, 0) is 0 Å². The first-order valence-electron chi connectivity index (χ1n) is 5.08. The van der Waals surface area contributed by atoms with E-state index in [4.69, 9.17) is 0 Å². The molecule has 1 aromatic carbocycles. The lowest BCUT2D eigenvalue weighted by atomic mass is 10.2. The second-order valence-electron chi connectivity index (χ2n) is 3.50. The number of hydrogen-bond acceptors (Lipinski definition) is 5. The van der Waals surface area contributed by atoms with Crippen molar-refractivity contribution < 1.29 is 9.72 Å². The van der Waals surface area contributed by atoms with Gasteiger partial charge in [0, 0.05) is 15.7 Å². The lowest BCUT2D eigenvalue weighted by molar-refractivity contribution is -0.384. The topological polar surface area (TPSA) is 98.0 Å². The maximum atomic E-state index is 12.0. The van der Waals surface area contributed by atoms with E-state index in [0.29, 0.717) is 9.26 Å². The van der Waals surface area contributed by atoms with E-state index in [-0.39, 0.29) is 11.3 Å². The number of benzene rings is 1. The number of nitro groups is 1. The number of halogens is 1. The van der Waals surface area contributed by atoms with Crippen LogP contribution >= 0.6 is 22.6 Å². The second kappa shape index (κ2) is 5.69. The van der Waals surface area contributed by atoms with E-state index in [1.807, 2.05) is 22.6 Å². The average Bonchev–Trinajstić information content (AvgIpc) is 2.40. The summed E-state index contributed by atoms with van der Waals surface area (Å²) < 4.78 is 0.623. The van der Waals surface area contributed by atoms with Crippen LogP contribution in [0.3, 0.4) is 0 Å². The number of carbonyl (C=O) groups is 1. The van der Waals surface area contributed by atoms with E-state index in [1.54, 1.807) is 0 Å². The van der Waals surface area contributed by atoms with E-state index in [1.165, 1.54) is 36.9 Å². The summed E-state index contributed by atoms with van der Waals surface area (Å²) in [7, 11) is 0. The van der Waals surface area contributed by atoms with Crippen molar-refractivity contribution in [2.24, 2.45) is 0 Å². The molecule has 0 saturated heterocycles. The van der Waals surface area contributed by atoms with Gasteiger partial charge in [-0.3, -0.25) is 14.9 Å². The van der Waals surface area contributed by atoms with Gasteiger partial charge in [-0.15, -0.1) is 0 Å². The van der Waals surface area contributed by atoms with Gasteiger partial charge in [-0.1, -0.05) is 0 Å². The Hall–Kier alpha value is -2.10. The van der Waals surface area contributed by atoms with Crippen molar-refractivity contribution in [1.82, 2.24) is 9.97 Å². The molecule has 0 unspecified atom stereocenters. The average molecular weight is 370 g/mol. The molecule has 1 amide bonds. The quantitative estimate of drug-likeness (QED) is 0.508. The summed E-state index contributed by atoms with van der Waals surface area (Å²) in [4.78, 5) is 29.7. The lowest BCUT2D eigenvalue weighted by Crippen LogP contribution is -2.14. The zero-order chi connectivity index (χ0) is 13.8. The third kappa shape index (κ3) is 3.22. The van der Waals surface area contributed by atoms with Crippen LogP contribution in [0.15, 0.2) is 36.9 Å². The summed E-state index contributed by atoms with van der Waals surface area (Å²) >= 11 is 1.94. The number of anilines is 1. The highest BCUT2D eigenvalue weighted by molar-refractivity contribution is 14.1. The fraction of sp³-hybridized carbons (Fsp3) is 0. The maximum absolute atomic E-state index is 12.0. The van der Waals surface area contributed by atoms with Crippen molar-refractivity contribution in [3.05, 3.63) is 56.2 Å². The van der Waals surface area contributed by atoms with Gasteiger partial charge in [-0.25, -0.2) is 9.97 Å². The molecule has 0 bridgehead atoms. The van der Waals surface area contributed by atoms with Crippen LogP contribution in [0.25, 0.3) is 0 Å². The fourth-order valence-corrected chi connectivity index (χ4v) is 1.94. The third-order valence-corrected chi connectivity index (χ3v) is 3.16. The number of nitrogens with zero attached hydrogens (tertiary/aromatic N) is 3. The molecule has 0 aliphatic carbocycles. The molecule has 0 atom stereocenters. The Morgan fingerprint density at radius 2 is 2.00 bits per heavy atom. The number of amides is 1. The van der Waals surface area contributed by atoms with E-state index in [9.17, 15) is 14.9 Å². The molecule has 0 saturated carbocycles. The van der Waals surface area contributed by atoms with Gasteiger partial charge in [0.15, 0.2) is 0 Å². The predicted octanol–water partition coefficient (Wildman–Crippen LogP) is 2.24. The monoisotopic (exact) mass is 370 g/mol. The zero-order valence-corrected chi connectivity index (χ0v) is 11.6. The molecule has 0 aliphatic heterocycles. The van der Waals surface area contributed by atoms with Gasteiger partial charge in [-0.2, -0.15) is 0 Å². The SMILES string of the molecule is O=C(Nc1cncnc1)c1cc([N+](=O)[O-])ccc1I. The van der Waals surface area contributed by atoms with Gasteiger partial charge in [0.2, 0.25) is 0 Å². The van der Waals surface area contributed by atoms with Gasteiger partial charge >= 0.3 is 0 Å². The Morgan fingerprint density at radius 1 is 1.32 bits per heavy atom. The van der Waals surface area contributed by atoms with Crippen molar-refractivity contribution in [1.29, 1.82) is 0 Å². The van der Waals surface area contributed by atoms with Crippen molar-refractivity contribution >= 4 is 39.9 Å². The van der Waals surface area contributed by atoms with E-state index in [2.05, 4.69) is 15.3 Å². The fourth-order valence-electron chi connectivity index (χ4n) is 1.36. The molecule has 0 fully saturated rings. The second-order valence-corrected chi connectivity index (χ2v) is 4.66. The molecule has 0 radical (unpaired) electrons. The highest BCUT2D eigenvalue weighted by Gasteiger charge is 2.15. The first kappa shape index (κ1) is 13.3. The van der Waals surface area contributed by atoms with Gasteiger partial charge in [0.25, 0.3) is 11.6 Å². The lowest BCUT2D eigenvalue weighted by Gasteiger charge is -2.05. The smallest absolute Gasteiger partial charge is 0.270 e. The largest absolute Gasteiger partial charge is 0.319 e. The van der Waals surface area contributed by atoms with Gasteiger partial charge in [-0.05, 0) is 28.7 Å². The Balaban J connectivity index is 2.28. The molecule has 1 aromatic heterocycles. The molecular formula is C11H7IN4O3. The summed E-state index contributed by atoms with van der Waals surface area (Å²) in [6.07, 6.45) is 4.22. The van der Waals surface area contributed by atoms with Crippen LogP contribution in [0, 0.1) is 13.7 Å². The number of nitrogens with one attached hydrogen (secondary N) is 1. The summed E-state index contributed by atoms with van der Waals surface area (Å²) in [6, 6.07) is 4.11. The molecule has 1 N–H and O–H groups in total. The van der Waals surface area contributed by atoms with Crippen LogP contribution in [0.1, 0.15) is 10.4 Å². The molecule has 7 nitrogen and oxygen atoms in total. The molecule has 96 valence electrons. The first-order chi connectivity index (χ1) is 9.08. The van der Waals surface area contributed by atoms with E-state index in [0.717, 1.165) is 0 Å². The molecule has 1 heterocycles. The normalized spacial score (nSPS) is 9.95. The minimum Gasteiger partial charge on any atom is -0.319 e. The van der Waals surface area contributed by atoms with Gasteiger partial charge in [0.05, 0.1) is 28.6 Å². The summed E-state index contributed by atoms with van der Waals surface area (Å²) in [5.74, 6) is -0.442. The standard InChI is InChI=1S/C11H7IN4O3/c12-10-2-1-8(16(18)19)3-9(10)11(17)15-7-4-13-6-14-5-7/h1-6H,(H,15,17). The molecule has 2 aromatic rings. The van der Waals surface area contributed by atoms with Crippen LogP contribution in [0.4, 0.5) is 11.4 Å². The molecule has 2 rings (SSSR count). The van der Waals surface area contributed by atoms with Gasteiger partial charge in [0.1, 0.15) is 6.33 Å². The minimum atomic E-state index is -0.543. The first-order valence-corrected chi connectivity index (χ1v) is 6.16. The van der Waals surface area contributed by atoms with Crippen LogP contribution in [0.5, 0.6) is 0 Å². The van der Waals surface area contributed by atoms with Crippen LogP contribution in [-0.4, -0.2) is 20.8 Å². The Kier molecular flexibility index (Phi) is 4.00. The molecule has 0 spiro atoms. The van der Waals surface area contributed by atoms with Crippen molar-refractivity contribution in [2.75, 3.05) is 5.32 Å². The molecule has 0 aliphatic rings. The number of non-ortho nitro benzene ring substituents is 1. The number of nitro benzene ring substituents is 1. The molecule has 19 heavy (non-hydrogen) atoms. The van der Waals surface area contributed by atoms with Crippen molar-refractivity contribution in [3.8, 4) is 0 Å². The van der Waals surface area contributed by atoms with E-state index >= 15 is 0 Å². The number of hydrogen-bond donors (Lipinski definition) is 1. The summed E-state index contributed by atoms with van der Waals surface area (Å²) in [5, 5.41) is 13.3. The highest BCUT2D eigenvalue weighted by atomic mass is 127. The zero-order valence-electron chi connectivity index (χ0n) is 9.41. The maximum Gasteiger partial charge on any atom is 0.270 e. The van der Waals surface area contributed by atoms with Crippen molar-refractivity contribution in [3.63, 3.8) is 0 Å². The highest BCUT2D eigenvalue weighted by Crippen LogP contribution is 2.20. The third-order valence-electron chi connectivity index (χ3n) is 2.22. The number of aromatic nitrogens is 2. The van der Waals surface area contributed by atoms with Crippen LogP contribution in [0.2, 0.25) is 0 Å². The Bertz CT molecular complexity index is 633. The van der Waals surface area contributed by atoms with Crippen LogP contribution < -0.4 is 5.32 Å². The number of rotatable bonds is 3. The summed E-state index contributed by atoms with van der Waals surface area (Å²) in [6.45, 7) is 0.